The van der Waals surface area contributed by atoms with Crippen molar-refractivity contribution in [1.82, 2.24) is 0 Å². The molecular formula is C34H42O11S. The summed E-state index contributed by atoms with van der Waals surface area (Å²) in [5.41, 5.74) is 2.79. The first-order valence-corrected chi connectivity index (χ1v) is 16.4. The van der Waals surface area contributed by atoms with Gasteiger partial charge in [0.2, 0.25) is 11.6 Å². The summed E-state index contributed by atoms with van der Waals surface area (Å²) in [7, 11) is -1.46. The Labute approximate surface area is 270 Å². The van der Waals surface area contributed by atoms with Gasteiger partial charge in [0.1, 0.15) is 30.5 Å². The zero-order chi connectivity index (χ0) is 32.6. The first-order chi connectivity index (χ1) is 22.2. The van der Waals surface area contributed by atoms with Crippen LogP contribution < -0.4 is 0 Å². The Morgan fingerprint density at radius 1 is 0.739 bits per heavy atom. The van der Waals surface area contributed by atoms with Gasteiger partial charge < -0.3 is 33.2 Å². The van der Waals surface area contributed by atoms with Crippen LogP contribution in [0.1, 0.15) is 30.5 Å². The van der Waals surface area contributed by atoms with Crippen molar-refractivity contribution in [2.75, 3.05) is 27.4 Å². The van der Waals surface area contributed by atoms with E-state index in [0.29, 0.717) is 6.61 Å². The fourth-order valence-electron chi connectivity index (χ4n) is 5.42. The summed E-state index contributed by atoms with van der Waals surface area (Å²) in [6.07, 6.45) is -4.94. The normalized spacial score (nSPS) is 30.1. The Balaban J connectivity index is 1.48. The molecule has 2 fully saturated rings. The van der Waals surface area contributed by atoms with Crippen molar-refractivity contribution in [3.05, 3.63) is 108 Å². The Hall–Kier alpha value is -2.75. The summed E-state index contributed by atoms with van der Waals surface area (Å²) in [6.45, 7) is 3.83. The van der Waals surface area contributed by atoms with Gasteiger partial charge in [-0.1, -0.05) is 91.0 Å². The standard InChI is InChI=1S/C34H42O11S/c1-33(37-3)34(2,38-4)44-32(31-29(24-42-46(35,36)45-31)41-22-27-18-12-7-13-19-27)30(43-33)28(40-21-26-16-10-6-11-17-26)23-39-20-25-14-8-5-9-15-25/h5-19,28-32H,20-24H2,1-4H3/t28-,29-,30+,31-,32-,33-,34-/m1/s1. The number of hydrogen-bond acceptors (Lipinski definition) is 11. The van der Waals surface area contributed by atoms with E-state index in [0.717, 1.165) is 16.7 Å². The number of ether oxygens (including phenoxy) is 7. The lowest BCUT2D eigenvalue weighted by atomic mass is 9.94. The smallest absolute Gasteiger partial charge is 0.374 e. The lowest BCUT2D eigenvalue weighted by molar-refractivity contribution is -0.463. The molecule has 250 valence electrons. The number of methoxy groups -OCH3 is 2. The molecule has 0 aromatic heterocycles. The van der Waals surface area contributed by atoms with Gasteiger partial charge >= 0.3 is 10.4 Å². The summed E-state index contributed by atoms with van der Waals surface area (Å²) >= 11 is 0. The largest absolute Gasteiger partial charge is 0.400 e. The van der Waals surface area contributed by atoms with E-state index in [1.54, 1.807) is 13.8 Å². The average molecular weight is 659 g/mol. The van der Waals surface area contributed by atoms with Gasteiger partial charge in [0, 0.05) is 14.2 Å². The molecule has 0 spiro atoms. The van der Waals surface area contributed by atoms with E-state index < -0.39 is 52.5 Å². The fourth-order valence-corrected chi connectivity index (χ4v) is 6.28. The topological polar surface area (TPSA) is 117 Å². The quantitative estimate of drug-likeness (QED) is 0.243. The minimum Gasteiger partial charge on any atom is -0.374 e. The summed E-state index contributed by atoms with van der Waals surface area (Å²) in [4.78, 5) is 0. The predicted molar refractivity (Wildman–Crippen MR) is 166 cm³/mol. The van der Waals surface area contributed by atoms with Crippen LogP contribution in [0.25, 0.3) is 0 Å². The zero-order valence-electron chi connectivity index (χ0n) is 26.5. The van der Waals surface area contributed by atoms with Gasteiger partial charge in [0.25, 0.3) is 0 Å². The number of hydrogen-bond donors (Lipinski definition) is 0. The van der Waals surface area contributed by atoms with E-state index in [2.05, 4.69) is 0 Å². The highest BCUT2D eigenvalue weighted by Crippen LogP contribution is 2.43. The molecule has 2 aliphatic rings. The van der Waals surface area contributed by atoms with E-state index in [9.17, 15) is 8.42 Å². The molecule has 0 bridgehead atoms. The van der Waals surface area contributed by atoms with Crippen molar-refractivity contribution in [2.45, 2.75) is 75.8 Å². The molecule has 0 radical (unpaired) electrons. The fraction of sp³-hybridized carbons (Fsp3) is 0.471. The van der Waals surface area contributed by atoms with E-state index in [1.165, 1.54) is 14.2 Å². The number of benzene rings is 3. The Morgan fingerprint density at radius 2 is 1.26 bits per heavy atom. The minimum atomic E-state index is -4.39. The van der Waals surface area contributed by atoms with E-state index in [1.807, 2.05) is 91.0 Å². The van der Waals surface area contributed by atoms with Crippen LogP contribution in [0.3, 0.4) is 0 Å². The molecule has 0 saturated carbocycles. The first kappa shape index (κ1) is 34.6. The van der Waals surface area contributed by atoms with Crippen LogP contribution in [0.2, 0.25) is 0 Å². The third kappa shape index (κ3) is 8.39. The molecule has 0 N–H and O–H groups in total. The molecule has 0 unspecified atom stereocenters. The van der Waals surface area contributed by atoms with Gasteiger partial charge in [0.05, 0.1) is 33.0 Å². The van der Waals surface area contributed by atoms with Gasteiger partial charge in [-0.05, 0) is 30.5 Å². The molecule has 7 atom stereocenters. The van der Waals surface area contributed by atoms with Gasteiger partial charge in [0.15, 0.2) is 0 Å². The van der Waals surface area contributed by atoms with E-state index in [-0.39, 0.29) is 26.4 Å². The third-order valence-electron chi connectivity index (χ3n) is 8.32. The lowest BCUT2D eigenvalue weighted by Gasteiger charge is -2.55. The summed E-state index contributed by atoms with van der Waals surface area (Å²) in [5.74, 6) is -2.94. The second-order valence-electron chi connectivity index (χ2n) is 11.4. The maximum atomic E-state index is 12.7. The highest BCUT2D eigenvalue weighted by atomic mass is 32.3. The van der Waals surface area contributed by atoms with Crippen LogP contribution >= 0.6 is 0 Å². The third-order valence-corrected chi connectivity index (χ3v) is 9.20. The van der Waals surface area contributed by atoms with Crippen LogP contribution in [-0.4, -0.2) is 77.9 Å². The molecule has 5 rings (SSSR count). The monoisotopic (exact) mass is 658 g/mol. The van der Waals surface area contributed by atoms with Crippen molar-refractivity contribution >= 4 is 10.4 Å². The molecule has 12 heteroatoms. The molecule has 2 aliphatic heterocycles. The maximum absolute atomic E-state index is 12.7. The molecule has 46 heavy (non-hydrogen) atoms. The van der Waals surface area contributed by atoms with E-state index in [4.69, 9.17) is 41.5 Å². The van der Waals surface area contributed by atoms with Gasteiger partial charge in [-0.25, -0.2) is 8.37 Å². The van der Waals surface area contributed by atoms with E-state index >= 15 is 0 Å². The van der Waals surface area contributed by atoms with Crippen LogP contribution in [0.15, 0.2) is 91.0 Å². The highest BCUT2D eigenvalue weighted by Gasteiger charge is 2.61. The summed E-state index contributed by atoms with van der Waals surface area (Å²) < 4.78 is 79.9. The van der Waals surface area contributed by atoms with Crippen LogP contribution in [-0.2, 0) is 71.7 Å². The highest BCUT2D eigenvalue weighted by molar-refractivity contribution is 7.81. The molecule has 11 nitrogen and oxygen atoms in total. The molecular weight excluding hydrogens is 616 g/mol. The number of rotatable bonds is 14. The predicted octanol–water partition coefficient (Wildman–Crippen LogP) is 4.54. The molecule has 0 amide bonds. The minimum absolute atomic E-state index is 0.0707. The molecule has 2 saturated heterocycles. The van der Waals surface area contributed by atoms with Crippen molar-refractivity contribution < 1.29 is 49.9 Å². The van der Waals surface area contributed by atoms with Crippen molar-refractivity contribution in [2.24, 2.45) is 0 Å². The van der Waals surface area contributed by atoms with Crippen molar-refractivity contribution in [1.29, 1.82) is 0 Å². The first-order valence-electron chi connectivity index (χ1n) is 15.1. The molecule has 0 aliphatic carbocycles. The molecule has 3 aromatic rings. The van der Waals surface area contributed by atoms with Crippen LogP contribution in [0, 0.1) is 0 Å². The Bertz CT molecular complexity index is 1460. The van der Waals surface area contributed by atoms with Crippen molar-refractivity contribution in [3.8, 4) is 0 Å². The second kappa shape index (κ2) is 15.4. The zero-order valence-corrected chi connectivity index (χ0v) is 27.3. The SMILES string of the molecule is CO[C@]1(C)O[C@@H]([C@@H]2OS(=O)(=O)OC[C@H]2OCc2ccccc2)[C@H]([C@@H](COCc2ccccc2)OCc2ccccc2)O[C@@]1(C)OC. The molecule has 3 aromatic carbocycles. The van der Waals surface area contributed by atoms with Crippen LogP contribution in [0.5, 0.6) is 0 Å². The Kier molecular flexibility index (Phi) is 11.6. The second-order valence-corrected chi connectivity index (χ2v) is 12.6. The van der Waals surface area contributed by atoms with Gasteiger partial charge in [-0.15, -0.1) is 0 Å². The molecule has 2 heterocycles. The summed E-state index contributed by atoms with van der Waals surface area (Å²) in [5, 5.41) is 0. The summed E-state index contributed by atoms with van der Waals surface area (Å²) in [6, 6.07) is 28.9. The van der Waals surface area contributed by atoms with Crippen molar-refractivity contribution in [3.63, 3.8) is 0 Å². The van der Waals surface area contributed by atoms with Crippen LogP contribution in [0.4, 0.5) is 0 Å². The Morgan fingerprint density at radius 3 is 1.83 bits per heavy atom. The maximum Gasteiger partial charge on any atom is 0.400 e. The van der Waals surface area contributed by atoms with Gasteiger partial charge in [-0.2, -0.15) is 8.42 Å². The average Bonchev–Trinajstić information content (AvgIpc) is 3.08. The lowest BCUT2D eigenvalue weighted by Crippen LogP contribution is -2.71. The van der Waals surface area contributed by atoms with Gasteiger partial charge in [-0.3, -0.25) is 0 Å².